The van der Waals surface area contributed by atoms with Gasteiger partial charge in [0.2, 0.25) is 0 Å². The third-order valence-corrected chi connectivity index (χ3v) is 5.55. The number of nitrogens with zero attached hydrogens (tertiary/aromatic N) is 2. The summed E-state index contributed by atoms with van der Waals surface area (Å²) in [5, 5.41) is 15.5. The number of nitriles is 1. The van der Waals surface area contributed by atoms with Crippen LogP contribution in [0, 0.1) is 17.2 Å². The summed E-state index contributed by atoms with van der Waals surface area (Å²) >= 11 is 1.46. The fourth-order valence-electron chi connectivity index (χ4n) is 3.24. The zero-order valence-corrected chi connectivity index (χ0v) is 17.8. The molecule has 1 aliphatic heterocycles. The first-order valence-electron chi connectivity index (χ1n) is 9.94. The number of hydrogen-bond acceptors (Lipinski definition) is 6. The predicted molar refractivity (Wildman–Crippen MR) is 121 cm³/mol. The minimum absolute atomic E-state index is 0.484. The lowest BCUT2D eigenvalue weighted by Gasteiger charge is -2.18. The third kappa shape index (κ3) is 4.64. The van der Waals surface area contributed by atoms with Gasteiger partial charge in [-0.2, -0.15) is 5.26 Å². The molecular weight excluding hydrogens is 394 g/mol. The molecule has 1 aliphatic rings. The molecular formula is C24H23N3O2S. The smallest absolute Gasteiger partial charge is 0.163 e. The Bertz CT molecular complexity index is 1090. The van der Waals surface area contributed by atoms with Crippen molar-refractivity contribution in [2.45, 2.75) is 20.3 Å². The molecule has 0 radical (unpaired) electrons. The number of anilines is 1. The summed E-state index contributed by atoms with van der Waals surface area (Å²) in [6.45, 7) is 5.53. The molecule has 0 atom stereocenters. The first-order valence-corrected chi connectivity index (χ1v) is 10.8. The van der Waals surface area contributed by atoms with Crippen LogP contribution in [-0.2, 0) is 6.42 Å². The van der Waals surface area contributed by atoms with E-state index in [-0.39, 0.29) is 0 Å². The normalized spacial score (nSPS) is 13.2. The van der Waals surface area contributed by atoms with Crippen molar-refractivity contribution in [2.75, 3.05) is 18.5 Å². The maximum absolute atomic E-state index is 9.61. The molecule has 0 bridgehead atoms. The Morgan fingerprint density at radius 3 is 2.67 bits per heavy atom. The highest BCUT2D eigenvalue weighted by Crippen LogP contribution is 2.33. The summed E-state index contributed by atoms with van der Waals surface area (Å²) < 4.78 is 11.1. The van der Waals surface area contributed by atoms with Crippen molar-refractivity contribution in [3.63, 3.8) is 0 Å². The SMILES string of the molecule is CC(C)Cc1ccc(-c2csc(C(C#N)=CNc3ccc4c(c3)OCCO4)n2)cc1. The van der Waals surface area contributed by atoms with E-state index < -0.39 is 0 Å². The zero-order chi connectivity index (χ0) is 20.9. The van der Waals surface area contributed by atoms with Crippen molar-refractivity contribution in [2.24, 2.45) is 5.92 Å². The molecule has 5 nitrogen and oxygen atoms in total. The first kappa shape index (κ1) is 20.0. The predicted octanol–water partition coefficient (Wildman–Crippen LogP) is 5.76. The van der Waals surface area contributed by atoms with Crippen molar-refractivity contribution in [1.82, 2.24) is 4.98 Å². The molecule has 30 heavy (non-hydrogen) atoms. The number of aromatic nitrogens is 1. The fraction of sp³-hybridized carbons (Fsp3) is 0.250. The van der Waals surface area contributed by atoms with Crippen molar-refractivity contribution < 1.29 is 9.47 Å². The zero-order valence-electron chi connectivity index (χ0n) is 17.0. The summed E-state index contributed by atoms with van der Waals surface area (Å²) in [6.07, 6.45) is 2.75. The molecule has 3 aromatic rings. The molecule has 6 heteroatoms. The standard InChI is InChI=1S/C24H23N3O2S/c1-16(2)11-17-3-5-18(6-4-17)21-15-30-24(27-21)19(13-25)14-26-20-7-8-22-23(12-20)29-10-9-28-22/h3-8,12,14-16,26H,9-11H2,1-2H3. The molecule has 0 spiro atoms. The van der Waals surface area contributed by atoms with E-state index in [4.69, 9.17) is 9.47 Å². The van der Waals surface area contributed by atoms with E-state index >= 15 is 0 Å². The highest BCUT2D eigenvalue weighted by atomic mass is 32.1. The number of fused-ring (bicyclic) bond motifs is 1. The molecule has 1 N–H and O–H groups in total. The van der Waals surface area contributed by atoms with E-state index in [0.29, 0.717) is 35.5 Å². The van der Waals surface area contributed by atoms with Gasteiger partial charge in [-0.25, -0.2) is 4.98 Å². The maximum atomic E-state index is 9.61. The van der Waals surface area contributed by atoms with E-state index in [1.54, 1.807) is 6.20 Å². The number of rotatable bonds is 6. The van der Waals surface area contributed by atoms with Crippen LogP contribution in [-0.4, -0.2) is 18.2 Å². The van der Waals surface area contributed by atoms with Gasteiger partial charge < -0.3 is 14.8 Å². The third-order valence-electron chi connectivity index (χ3n) is 4.67. The quantitative estimate of drug-likeness (QED) is 0.517. The summed E-state index contributed by atoms with van der Waals surface area (Å²) in [5.41, 5.74) is 4.57. The average Bonchev–Trinajstić information content (AvgIpc) is 3.24. The second-order valence-corrected chi connectivity index (χ2v) is 8.36. The van der Waals surface area contributed by atoms with Gasteiger partial charge in [-0.1, -0.05) is 38.1 Å². The van der Waals surface area contributed by atoms with Crippen molar-refractivity contribution >= 4 is 22.6 Å². The van der Waals surface area contributed by atoms with Crippen LogP contribution >= 0.6 is 11.3 Å². The van der Waals surface area contributed by atoms with Crippen LogP contribution < -0.4 is 14.8 Å². The van der Waals surface area contributed by atoms with Crippen LogP contribution in [0.15, 0.2) is 54.0 Å². The van der Waals surface area contributed by atoms with E-state index in [1.165, 1.54) is 16.9 Å². The molecule has 2 aromatic carbocycles. The molecule has 0 amide bonds. The number of ether oxygens (including phenoxy) is 2. The molecule has 0 aliphatic carbocycles. The number of hydrogen-bond donors (Lipinski definition) is 1. The van der Waals surface area contributed by atoms with E-state index in [9.17, 15) is 5.26 Å². The monoisotopic (exact) mass is 417 g/mol. The van der Waals surface area contributed by atoms with Gasteiger partial charge in [0.25, 0.3) is 0 Å². The molecule has 0 saturated heterocycles. The maximum Gasteiger partial charge on any atom is 0.163 e. The van der Waals surface area contributed by atoms with Crippen LogP contribution in [0.3, 0.4) is 0 Å². The van der Waals surface area contributed by atoms with Gasteiger partial charge in [0.05, 0.1) is 5.69 Å². The van der Waals surface area contributed by atoms with Crippen LogP contribution in [0.4, 0.5) is 5.69 Å². The molecule has 0 unspecified atom stereocenters. The Hall–Kier alpha value is -3.30. The Kier molecular flexibility index (Phi) is 6.01. The first-order chi connectivity index (χ1) is 14.6. The van der Waals surface area contributed by atoms with Gasteiger partial charge in [-0.3, -0.25) is 0 Å². The summed E-state index contributed by atoms with van der Waals surface area (Å²) in [6, 6.07) is 16.4. The van der Waals surface area contributed by atoms with E-state index in [0.717, 1.165) is 29.1 Å². The second-order valence-electron chi connectivity index (χ2n) is 7.51. The Morgan fingerprint density at radius 2 is 1.93 bits per heavy atom. The lowest BCUT2D eigenvalue weighted by Crippen LogP contribution is -2.15. The van der Waals surface area contributed by atoms with Crippen LogP contribution in [0.25, 0.3) is 16.8 Å². The van der Waals surface area contributed by atoms with Crippen LogP contribution in [0.5, 0.6) is 11.5 Å². The highest BCUT2D eigenvalue weighted by Gasteiger charge is 2.12. The van der Waals surface area contributed by atoms with Gasteiger partial charge >= 0.3 is 0 Å². The number of thiazole rings is 1. The van der Waals surface area contributed by atoms with Gasteiger partial charge in [0.1, 0.15) is 29.9 Å². The summed E-state index contributed by atoms with van der Waals surface area (Å²) in [7, 11) is 0. The second kappa shape index (κ2) is 9.02. The van der Waals surface area contributed by atoms with E-state index in [1.807, 2.05) is 23.6 Å². The van der Waals surface area contributed by atoms with Gasteiger partial charge in [0, 0.05) is 28.9 Å². The van der Waals surface area contributed by atoms with Gasteiger partial charge in [-0.15, -0.1) is 11.3 Å². The Balaban J connectivity index is 1.49. The van der Waals surface area contributed by atoms with E-state index in [2.05, 4.69) is 54.5 Å². The molecule has 2 heterocycles. The minimum Gasteiger partial charge on any atom is -0.486 e. The topological polar surface area (TPSA) is 67.2 Å². The lowest BCUT2D eigenvalue weighted by atomic mass is 10.0. The molecule has 0 saturated carbocycles. The van der Waals surface area contributed by atoms with Crippen molar-refractivity contribution in [3.05, 3.63) is 64.6 Å². The minimum atomic E-state index is 0.484. The van der Waals surface area contributed by atoms with Crippen molar-refractivity contribution in [3.8, 4) is 28.8 Å². The Morgan fingerprint density at radius 1 is 1.17 bits per heavy atom. The van der Waals surface area contributed by atoms with Gasteiger partial charge in [-0.05, 0) is 30.0 Å². The highest BCUT2D eigenvalue weighted by molar-refractivity contribution is 7.11. The van der Waals surface area contributed by atoms with Crippen LogP contribution in [0.2, 0.25) is 0 Å². The van der Waals surface area contributed by atoms with Crippen molar-refractivity contribution in [1.29, 1.82) is 5.26 Å². The number of benzene rings is 2. The molecule has 152 valence electrons. The lowest BCUT2D eigenvalue weighted by molar-refractivity contribution is 0.171. The van der Waals surface area contributed by atoms with Crippen LogP contribution in [0.1, 0.15) is 24.4 Å². The number of nitrogens with one attached hydrogen (secondary N) is 1. The Labute approximate surface area is 180 Å². The fourth-order valence-corrected chi connectivity index (χ4v) is 4.04. The average molecular weight is 418 g/mol. The summed E-state index contributed by atoms with van der Waals surface area (Å²) in [5.74, 6) is 2.07. The molecule has 1 aromatic heterocycles. The van der Waals surface area contributed by atoms with Gasteiger partial charge in [0.15, 0.2) is 11.5 Å². The summed E-state index contributed by atoms with van der Waals surface area (Å²) in [4.78, 5) is 4.67. The largest absolute Gasteiger partial charge is 0.486 e. The number of allylic oxidation sites excluding steroid dienone is 1. The molecule has 0 fully saturated rings. The molecule has 4 rings (SSSR count).